The molecule has 8 nitrogen and oxygen atoms in total. The molecule has 1 aromatic carbocycles. The van der Waals surface area contributed by atoms with Gasteiger partial charge in [-0.3, -0.25) is 4.79 Å². The largest absolute Gasteiger partial charge is 0.450 e. The van der Waals surface area contributed by atoms with E-state index in [4.69, 9.17) is 4.74 Å². The quantitative estimate of drug-likeness (QED) is 0.854. The van der Waals surface area contributed by atoms with Gasteiger partial charge in [-0.05, 0) is 44.0 Å². The van der Waals surface area contributed by atoms with Crippen LogP contribution < -0.4 is 10.2 Å². The van der Waals surface area contributed by atoms with E-state index >= 15 is 0 Å². The number of hydrogen-bond donors (Lipinski definition) is 1. The van der Waals surface area contributed by atoms with Crippen molar-refractivity contribution in [2.24, 2.45) is 0 Å². The van der Waals surface area contributed by atoms with Crippen molar-refractivity contribution in [3.63, 3.8) is 0 Å². The molecule has 1 saturated heterocycles. The molecule has 1 aromatic heterocycles. The maximum Gasteiger partial charge on any atom is 0.409 e. The minimum Gasteiger partial charge on any atom is -0.450 e. The van der Waals surface area contributed by atoms with E-state index in [-0.39, 0.29) is 23.7 Å². The molecule has 28 heavy (non-hydrogen) atoms. The highest BCUT2D eigenvalue weighted by molar-refractivity contribution is 6.04. The van der Waals surface area contributed by atoms with Gasteiger partial charge in [-0.15, -0.1) is 10.2 Å². The van der Waals surface area contributed by atoms with Crippen LogP contribution >= 0.6 is 0 Å². The van der Waals surface area contributed by atoms with Crippen LogP contribution in [0.4, 0.5) is 16.3 Å². The van der Waals surface area contributed by atoms with Crippen molar-refractivity contribution in [2.75, 3.05) is 37.0 Å². The zero-order valence-electron chi connectivity index (χ0n) is 16.2. The third kappa shape index (κ3) is 4.76. The van der Waals surface area contributed by atoms with Crippen LogP contribution in [0.3, 0.4) is 0 Å². The number of likely N-dealkylation sites (tertiary alicyclic amines) is 1. The molecule has 0 spiro atoms. The van der Waals surface area contributed by atoms with Gasteiger partial charge >= 0.3 is 6.09 Å². The van der Waals surface area contributed by atoms with Gasteiger partial charge in [-0.25, -0.2) is 4.79 Å². The van der Waals surface area contributed by atoms with Crippen LogP contribution in [0, 0.1) is 0 Å². The number of amides is 2. The lowest BCUT2D eigenvalue weighted by Crippen LogP contribution is -2.42. The molecule has 0 saturated carbocycles. The summed E-state index contributed by atoms with van der Waals surface area (Å²) in [4.78, 5) is 27.6. The van der Waals surface area contributed by atoms with Gasteiger partial charge in [-0.1, -0.05) is 18.2 Å². The van der Waals surface area contributed by atoms with Crippen molar-refractivity contribution >= 4 is 23.5 Å². The standard InChI is InChI=1S/C20H25N5O3/c1-3-28-20(27)25-13-11-15(12-14-25)21-18-10-9-17(22-23-18)19(26)24(2)16-7-5-4-6-8-16/h4-10,15H,3,11-14H2,1-2H3,(H,21,23). The van der Waals surface area contributed by atoms with Crippen LogP contribution in [0.1, 0.15) is 30.3 Å². The topological polar surface area (TPSA) is 87.7 Å². The van der Waals surface area contributed by atoms with Gasteiger partial charge < -0.3 is 19.9 Å². The van der Waals surface area contributed by atoms with E-state index in [0.29, 0.717) is 25.5 Å². The number of rotatable bonds is 5. The third-order valence-corrected chi connectivity index (χ3v) is 4.70. The van der Waals surface area contributed by atoms with E-state index in [1.807, 2.05) is 30.3 Å². The first-order valence-electron chi connectivity index (χ1n) is 9.43. The minimum absolute atomic E-state index is 0.202. The molecule has 2 heterocycles. The fraction of sp³-hybridized carbons (Fsp3) is 0.400. The van der Waals surface area contributed by atoms with Gasteiger partial charge in [0.1, 0.15) is 5.82 Å². The van der Waals surface area contributed by atoms with Crippen LogP contribution in [0.25, 0.3) is 0 Å². The number of aromatic nitrogens is 2. The third-order valence-electron chi connectivity index (χ3n) is 4.70. The summed E-state index contributed by atoms with van der Waals surface area (Å²) in [6, 6.07) is 13.0. The Balaban J connectivity index is 1.54. The summed E-state index contributed by atoms with van der Waals surface area (Å²) in [6.07, 6.45) is 1.35. The van der Waals surface area contributed by atoms with Gasteiger partial charge in [0.2, 0.25) is 0 Å². The molecule has 3 rings (SSSR count). The summed E-state index contributed by atoms with van der Waals surface area (Å²) in [5.41, 5.74) is 1.08. The summed E-state index contributed by atoms with van der Waals surface area (Å²) in [6.45, 7) is 3.47. The molecule has 0 aliphatic carbocycles. The molecule has 1 aliphatic heterocycles. The highest BCUT2D eigenvalue weighted by Gasteiger charge is 2.24. The lowest BCUT2D eigenvalue weighted by molar-refractivity contribution is 0.0978. The van der Waals surface area contributed by atoms with Crippen molar-refractivity contribution in [1.82, 2.24) is 15.1 Å². The predicted molar refractivity (Wildman–Crippen MR) is 106 cm³/mol. The molecule has 0 unspecified atom stereocenters. The Morgan fingerprint density at radius 2 is 1.86 bits per heavy atom. The summed E-state index contributed by atoms with van der Waals surface area (Å²) >= 11 is 0. The maximum absolute atomic E-state index is 12.6. The summed E-state index contributed by atoms with van der Waals surface area (Å²) in [5.74, 6) is 0.404. The van der Waals surface area contributed by atoms with Crippen LogP contribution in [0.5, 0.6) is 0 Å². The SMILES string of the molecule is CCOC(=O)N1CCC(Nc2ccc(C(=O)N(C)c3ccccc3)nn2)CC1. The zero-order valence-corrected chi connectivity index (χ0v) is 16.2. The lowest BCUT2D eigenvalue weighted by Gasteiger charge is -2.31. The Morgan fingerprint density at radius 3 is 2.46 bits per heavy atom. The number of nitrogens with one attached hydrogen (secondary N) is 1. The fourth-order valence-corrected chi connectivity index (χ4v) is 3.09. The zero-order chi connectivity index (χ0) is 19.9. The molecule has 0 bridgehead atoms. The minimum atomic E-state index is -0.258. The molecule has 0 radical (unpaired) electrons. The van der Waals surface area contributed by atoms with Gasteiger partial charge in [0.05, 0.1) is 6.61 Å². The number of anilines is 2. The van der Waals surface area contributed by atoms with Gasteiger partial charge in [-0.2, -0.15) is 0 Å². The number of para-hydroxylation sites is 1. The van der Waals surface area contributed by atoms with E-state index in [1.165, 1.54) is 0 Å². The summed E-state index contributed by atoms with van der Waals surface area (Å²) < 4.78 is 5.03. The first-order valence-corrected chi connectivity index (χ1v) is 9.43. The molecule has 0 atom stereocenters. The maximum atomic E-state index is 12.6. The van der Waals surface area contributed by atoms with Gasteiger partial charge in [0.25, 0.3) is 5.91 Å². The number of carbonyl (C=O) groups excluding carboxylic acids is 2. The Hall–Kier alpha value is -3.16. The average Bonchev–Trinajstić information content (AvgIpc) is 2.74. The number of carbonyl (C=O) groups is 2. The molecule has 8 heteroatoms. The van der Waals surface area contributed by atoms with Crippen LogP contribution in [-0.2, 0) is 4.74 Å². The normalized spacial score (nSPS) is 14.4. The monoisotopic (exact) mass is 383 g/mol. The van der Waals surface area contributed by atoms with Gasteiger partial charge in [0.15, 0.2) is 5.69 Å². The lowest BCUT2D eigenvalue weighted by atomic mass is 10.1. The van der Waals surface area contributed by atoms with Crippen molar-refractivity contribution in [1.29, 1.82) is 0 Å². The predicted octanol–water partition coefficient (Wildman–Crippen LogP) is 2.79. The molecule has 2 amide bonds. The first kappa shape index (κ1) is 19.6. The van der Waals surface area contributed by atoms with E-state index in [2.05, 4.69) is 15.5 Å². The summed E-state index contributed by atoms with van der Waals surface area (Å²) in [5, 5.41) is 11.5. The van der Waals surface area contributed by atoms with Crippen molar-refractivity contribution in [3.05, 3.63) is 48.2 Å². The Labute approximate surface area is 164 Å². The second-order valence-corrected chi connectivity index (χ2v) is 6.61. The molecule has 1 fully saturated rings. The van der Waals surface area contributed by atoms with Gasteiger partial charge in [0, 0.05) is 31.9 Å². The van der Waals surface area contributed by atoms with Crippen molar-refractivity contribution in [2.45, 2.75) is 25.8 Å². The first-order chi connectivity index (χ1) is 13.6. The Kier molecular flexibility index (Phi) is 6.41. The van der Waals surface area contributed by atoms with E-state index in [0.717, 1.165) is 18.5 Å². The average molecular weight is 383 g/mol. The Morgan fingerprint density at radius 1 is 1.14 bits per heavy atom. The molecular weight excluding hydrogens is 358 g/mol. The second kappa shape index (κ2) is 9.16. The van der Waals surface area contributed by atoms with Crippen molar-refractivity contribution < 1.29 is 14.3 Å². The Bertz CT molecular complexity index is 789. The molecule has 2 aromatic rings. The number of nitrogens with zero attached hydrogens (tertiary/aromatic N) is 4. The van der Waals surface area contributed by atoms with Crippen LogP contribution in [0.2, 0.25) is 0 Å². The fourth-order valence-electron chi connectivity index (χ4n) is 3.09. The van der Waals surface area contributed by atoms with E-state index in [1.54, 1.807) is 35.9 Å². The van der Waals surface area contributed by atoms with Crippen LogP contribution in [0.15, 0.2) is 42.5 Å². The highest BCUT2D eigenvalue weighted by Crippen LogP contribution is 2.17. The number of piperidine rings is 1. The highest BCUT2D eigenvalue weighted by atomic mass is 16.6. The molecule has 148 valence electrons. The van der Waals surface area contributed by atoms with E-state index in [9.17, 15) is 9.59 Å². The van der Waals surface area contributed by atoms with Crippen LogP contribution in [-0.4, -0.2) is 59.9 Å². The summed E-state index contributed by atoms with van der Waals surface area (Å²) in [7, 11) is 1.71. The number of hydrogen-bond acceptors (Lipinski definition) is 6. The molecule has 1 aliphatic rings. The van der Waals surface area contributed by atoms with Crippen molar-refractivity contribution in [3.8, 4) is 0 Å². The number of benzene rings is 1. The number of ether oxygens (including phenoxy) is 1. The smallest absolute Gasteiger partial charge is 0.409 e. The molecule has 1 N–H and O–H groups in total. The van der Waals surface area contributed by atoms with E-state index < -0.39 is 0 Å². The second-order valence-electron chi connectivity index (χ2n) is 6.61. The molecular formula is C20H25N5O3.